The van der Waals surface area contributed by atoms with Crippen molar-refractivity contribution in [2.45, 2.75) is 60.5 Å². The monoisotopic (exact) mass is 415 g/mol. The van der Waals surface area contributed by atoms with Gasteiger partial charge in [0.2, 0.25) is 17.1 Å². The molecule has 0 bridgehead atoms. The Hall–Kier alpha value is -2.53. The van der Waals surface area contributed by atoms with E-state index in [1.165, 1.54) is 25.4 Å². The largest absolute Gasteiger partial charge is 0.488 e. The number of allylic oxidation sites excluding steroid dienone is 7. The summed E-state index contributed by atoms with van der Waals surface area (Å²) in [6, 6.07) is 0. The van der Waals surface area contributed by atoms with E-state index in [2.05, 4.69) is 56.1 Å². The summed E-state index contributed by atoms with van der Waals surface area (Å²) in [5, 5.41) is 9.59. The third-order valence-electron chi connectivity index (χ3n) is 5.06. The molecule has 2 N–H and O–H groups in total. The number of hydrogen-bond donors (Lipinski definition) is 2. The van der Waals surface area contributed by atoms with Crippen molar-refractivity contribution in [1.29, 1.82) is 0 Å². The average Bonchev–Trinajstić information content (AvgIpc) is 2.68. The van der Waals surface area contributed by atoms with Gasteiger partial charge in [0.05, 0.1) is 20.3 Å². The Balaban J connectivity index is 2.79. The maximum Gasteiger partial charge on any atom is 0.238 e. The number of nitrogens with one attached hydrogen (secondary N) is 1. The van der Waals surface area contributed by atoms with E-state index in [4.69, 9.17) is 9.47 Å². The standard InChI is InChI=1S/C25H37NO4/c1-16(10-9-11-17(2)14-18(3)15-19(4)21(6)27)12-13-22-20(5)23(28)24(29-7)25(26-22)30-8/h9,11-12,14-15,18,21,27H,10,13H2,1-8H3,(H,26,28)/b11-9+,16-12+,17-14+,19-15+/t18-,21+/m1/s1. The molecule has 1 heterocycles. The number of aromatic nitrogens is 1. The zero-order valence-corrected chi connectivity index (χ0v) is 19.6. The summed E-state index contributed by atoms with van der Waals surface area (Å²) >= 11 is 0. The van der Waals surface area contributed by atoms with E-state index in [0.29, 0.717) is 17.9 Å². The van der Waals surface area contributed by atoms with Crippen molar-refractivity contribution < 1.29 is 14.6 Å². The molecule has 0 spiro atoms. The highest BCUT2D eigenvalue weighted by Crippen LogP contribution is 2.22. The van der Waals surface area contributed by atoms with Crippen LogP contribution in [0, 0.1) is 12.8 Å². The molecule has 0 aliphatic heterocycles. The third-order valence-corrected chi connectivity index (χ3v) is 5.06. The van der Waals surface area contributed by atoms with Gasteiger partial charge >= 0.3 is 0 Å². The first-order valence-corrected chi connectivity index (χ1v) is 10.3. The van der Waals surface area contributed by atoms with Crippen molar-refractivity contribution in [3.05, 3.63) is 68.6 Å². The number of pyridine rings is 1. The molecule has 0 aromatic carbocycles. The Labute approximate surface area is 180 Å². The molecule has 5 heteroatoms. The minimum absolute atomic E-state index is 0.149. The van der Waals surface area contributed by atoms with E-state index < -0.39 is 6.10 Å². The fourth-order valence-corrected chi connectivity index (χ4v) is 3.09. The molecule has 5 nitrogen and oxygen atoms in total. The van der Waals surface area contributed by atoms with Crippen molar-refractivity contribution in [2.24, 2.45) is 5.92 Å². The Morgan fingerprint density at radius 2 is 1.80 bits per heavy atom. The average molecular weight is 416 g/mol. The van der Waals surface area contributed by atoms with Gasteiger partial charge in [-0.25, -0.2) is 0 Å². The molecular weight excluding hydrogens is 378 g/mol. The Bertz CT molecular complexity index is 885. The number of ether oxygens (including phenoxy) is 2. The summed E-state index contributed by atoms with van der Waals surface area (Å²) < 4.78 is 10.4. The molecule has 2 atom stereocenters. The minimum atomic E-state index is -0.409. The smallest absolute Gasteiger partial charge is 0.238 e. The number of aliphatic hydroxyl groups excluding tert-OH is 1. The van der Waals surface area contributed by atoms with Gasteiger partial charge in [-0.15, -0.1) is 0 Å². The lowest BCUT2D eigenvalue weighted by Gasteiger charge is -2.11. The Morgan fingerprint density at radius 1 is 1.13 bits per heavy atom. The third kappa shape index (κ3) is 7.71. The van der Waals surface area contributed by atoms with E-state index in [0.717, 1.165) is 17.7 Å². The zero-order chi connectivity index (χ0) is 22.8. The highest BCUT2D eigenvalue weighted by atomic mass is 16.5. The Kier molecular flexibility index (Phi) is 10.4. The van der Waals surface area contributed by atoms with Crippen LogP contribution in [0.2, 0.25) is 0 Å². The Morgan fingerprint density at radius 3 is 2.37 bits per heavy atom. The number of rotatable bonds is 10. The number of H-pyrrole nitrogens is 1. The maximum atomic E-state index is 12.4. The molecule has 1 aromatic heterocycles. The molecule has 0 unspecified atom stereocenters. The van der Waals surface area contributed by atoms with Crippen LogP contribution in [0.3, 0.4) is 0 Å². The maximum absolute atomic E-state index is 12.4. The molecule has 0 saturated carbocycles. The molecular formula is C25H37NO4. The summed E-state index contributed by atoms with van der Waals surface area (Å²) in [5.41, 5.74) is 4.70. The van der Waals surface area contributed by atoms with E-state index >= 15 is 0 Å². The molecule has 0 amide bonds. The van der Waals surface area contributed by atoms with Crippen LogP contribution in [-0.2, 0) is 6.42 Å². The molecule has 0 fully saturated rings. The molecule has 1 aromatic rings. The van der Waals surface area contributed by atoms with Crippen molar-refractivity contribution in [2.75, 3.05) is 14.2 Å². The highest BCUT2D eigenvalue weighted by Gasteiger charge is 2.14. The van der Waals surface area contributed by atoms with Crippen LogP contribution in [-0.4, -0.2) is 30.4 Å². The van der Waals surface area contributed by atoms with Crippen LogP contribution in [0.1, 0.15) is 52.3 Å². The van der Waals surface area contributed by atoms with Gasteiger partial charge in [-0.3, -0.25) is 4.79 Å². The number of hydrogen-bond acceptors (Lipinski definition) is 4. The van der Waals surface area contributed by atoms with Crippen molar-refractivity contribution >= 4 is 0 Å². The van der Waals surface area contributed by atoms with Gasteiger partial charge in [-0.2, -0.15) is 0 Å². The van der Waals surface area contributed by atoms with Crippen molar-refractivity contribution in [3.8, 4) is 11.6 Å². The molecule has 166 valence electrons. The van der Waals surface area contributed by atoms with Gasteiger partial charge in [-0.1, -0.05) is 48.5 Å². The molecule has 0 saturated heterocycles. The molecule has 0 aliphatic carbocycles. The van der Waals surface area contributed by atoms with Crippen molar-refractivity contribution in [3.63, 3.8) is 0 Å². The number of methoxy groups -OCH3 is 2. The SMILES string of the molecule is COc1[nH]c(C/C=C(\C)C/C=C/C(C)=C/[C@@H](C)/C=C(\C)[C@H](C)O)c(C)c(=O)c1OC. The predicted molar refractivity (Wildman–Crippen MR) is 124 cm³/mol. The summed E-state index contributed by atoms with van der Waals surface area (Å²) in [7, 11) is 2.97. The van der Waals surface area contributed by atoms with Gasteiger partial charge < -0.3 is 19.6 Å². The van der Waals surface area contributed by atoms with Gasteiger partial charge in [0.15, 0.2) is 0 Å². The van der Waals surface area contributed by atoms with Crippen molar-refractivity contribution in [1.82, 2.24) is 4.98 Å². The highest BCUT2D eigenvalue weighted by molar-refractivity contribution is 5.40. The van der Waals surface area contributed by atoms with E-state index in [9.17, 15) is 9.90 Å². The van der Waals surface area contributed by atoms with Gasteiger partial charge in [0.25, 0.3) is 0 Å². The first-order valence-electron chi connectivity index (χ1n) is 10.3. The second kappa shape index (κ2) is 12.2. The number of aliphatic hydroxyl groups is 1. The first kappa shape index (κ1) is 25.5. The van der Waals surface area contributed by atoms with E-state index in [1.54, 1.807) is 13.8 Å². The molecule has 1 rings (SSSR count). The molecule has 30 heavy (non-hydrogen) atoms. The lowest BCUT2D eigenvalue weighted by molar-refractivity contribution is 0.231. The van der Waals surface area contributed by atoms with Gasteiger partial charge in [-0.05, 0) is 52.5 Å². The lowest BCUT2D eigenvalue weighted by Crippen LogP contribution is -2.15. The van der Waals surface area contributed by atoms with Crippen LogP contribution in [0.25, 0.3) is 0 Å². The van der Waals surface area contributed by atoms with Crippen LogP contribution < -0.4 is 14.9 Å². The second-order valence-electron chi connectivity index (χ2n) is 7.84. The van der Waals surface area contributed by atoms with E-state index in [-0.39, 0.29) is 17.1 Å². The van der Waals surface area contributed by atoms with Crippen LogP contribution in [0.4, 0.5) is 0 Å². The minimum Gasteiger partial charge on any atom is -0.488 e. The normalized spacial score (nSPS) is 15.4. The summed E-state index contributed by atoms with van der Waals surface area (Å²) in [5.74, 6) is 0.826. The molecule has 0 aliphatic rings. The summed E-state index contributed by atoms with van der Waals surface area (Å²) in [4.78, 5) is 15.6. The van der Waals surface area contributed by atoms with Crippen LogP contribution >= 0.6 is 0 Å². The summed E-state index contributed by atoms with van der Waals surface area (Å²) in [6.45, 7) is 11.8. The zero-order valence-electron chi connectivity index (χ0n) is 19.6. The summed E-state index contributed by atoms with van der Waals surface area (Å²) in [6.07, 6.45) is 11.7. The van der Waals surface area contributed by atoms with Gasteiger partial charge in [0.1, 0.15) is 0 Å². The fourth-order valence-electron chi connectivity index (χ4n) is 3.09. The van der Waals surface area contributed by atoms with Crippen LogP contribution in [0.5, 0.6) is 11.6 Å². The predicted octanol–water partition coefficient (Wildman–Crippen LogP) is 5.05. The lowest BCUT2D eigenvalue weighted by atomic mass is 10.0. The topological polar surface area (TPSA) is 71.5 Å². The quantitative estimate of drug-likeness (QED) is 0.415. The van der Waals surface area contributed by atoms with Crippen LogP contribution in [0.15, 0.2) is 51.9 Å². The van der Waals surface area contributed by atoms with E-state index in [1.807, 2.05) is 6.92 Å². The fraction of sp³-hybridized carbons (Fsp3) is 0.480. The number of aromatic amines is 1. The molecule has 0 radical (unpaired) electrons. The first-order chi connectivity index (χ1) is 14.1. The second-order valence-corrected chi connectivity index (χ2v) is 7.84. The van der Waals surface area contributed by atoms with Gasteiger partial charge in [0, 0.05) is 17.7 Å².